The number of amides is 1. The smallest absolute Gasteiger partial charge is 0.287 e. The van der Waals surface area contributed by atoms with Gasteiger partial charge in [-0.15, -0.1) is 0 Å². The molecule has 1 aromatic heterocycles. The van der Waals surface area contributed by atoms with Crippen molar-refractivity contribution in [1.29, 1.82) is 0 Å². The first-order chi connectivity index (χ1) is 14.4. The summed E-state index contributed by atoms with van der Waals surface area (Å²) in [5, 5.41) is 3.11. The fourth-order valence-electron chi connectivity index (χ4n) is 5.78. The van der Waals surface area contributed by atoms with Crippen LogP contribution < -0.4 is 10.1 Å². The van der Waals surface area contributed by atoms with E-state index in [4.69, 9.17) is 9.15 Å². The second kappa shape index (κ2) is 7.32. The van der Waals surface area contributed by atoms with Crippen molar-refractivity contribution in [1.82, 2.24) is 5.32 Å². The van der Waals surface area contributed by atoms with Crippen molar-refractivity contribution in [2.24, 2.45) is 23.7 Å². The van der Waals surface area contributed by atoms with Gasteiger partial charge in [0.05, 0.1) is 0 Å². The zero-order valence-electron chi connectivity index (χ0n) is 16.1. The lowest BCUT2D eigenvalue weighted by Gasteiger charge is -2.54. The summed E-state index contributed by atoms with van der Waals surface area (Å²) >= 11 is 0. The second-order valence-corrected chi connectivity index (χ2v) is 8.78. The molecule has 30 heavy (non-hydrogen) atoms. The Bertz CT molecular complexity index is 935. The van der Waals surface area contributed by atoms with Crippen LogP contribution in [-0.2, 0) is 6.61 Å². The highest BCUT2D eigenvalue weighted by Crippen LogP contribution is 2.53. The maximum absolute atomic E-state index is 13.7. The molecule has 4 aliphatic carbocycles. The van der Waals surface area contributed by atoms with Gasteiger partial charge in [0.2, 0.25) is 11.6 Å². The molecule has 4 fully saturated rings. The lowest BCUT2D eigenvalue weighted by atomic mass is 9.54. The maximum Gasteiger partial charge on any atom is 0.287 e. The minimum atomic E-state index is -1.62. The number of nitrogens with one attached hydrogen (secondary N) is 1. The molecule has 0 unspecified atom stereocenters. The van der Waals surface area contributed by atoms with Crippen molar-refractivity contribution in [3.05, 3.63) is 53.0 Å². The summed E-state index contributed by atoms with van der Waals surface area (Å²) < 4.78 is 64.2. The van der Waals surface area contributed by atoms with E-state index < -0.39 is 35.6 Å². The van der Waals surface area contributed by atoms with Crippen LogP contribution in [-0.4, -0.2) is 11.9 Å². The Morgan fingerprint density at radius 1 is 0.967 bits per heavy atom. The zero-order valence-corrected chi connectivity index (χ0v) is 16.1. The molecule has 0 radical (unpaired) electrons. The molecule has 1 heterocycles. The molecule has 160 valence electrons. The number of ether oxygens (including phenoxy) is 1. The van der Waals surface area contributed by atoms with Crippen LogP contribution in [0.2, 0.25) is 0 Å². The molecule has 1 amide bonds. The quantitative estimate of drug-likeness (QED) is 0.546. The van der Waals surface area contributed by atoms with Gasteiger partial charge in [-0.05, 0) is 67.9 Å². The molecule has 8 heteroatoms. The van der Waals surface area contributed by atoms with Gasteiger partial charge in [0.25, 0.3) is 5.91 Å². The summed E-state index contributed by atoms with van der Waals surface area (Å²) in [4.78, 5) is 12.7. The predicted octanol–water partition coefficient (Wildman–Crippen LogP) is 4.97. The monoisotopic (exact) mass is 423 g/mol. The summed E-state index contributed by atoms with van der Waals surface area (Å²) in [5.41, 5.74) is 0. The van der Waals surface area contributed by atoms with Gasteiger partial charge in [0.1, 0.15) is 12.4 Å². The highest BCUT2D eigenvalue weighted by Gasteiger charge is 2.48. The third-order valence-electron chi connectivity index (χ3n) is 6.84. The van der Waals surface area contributed by atoms with E-state index in [0.717, 1.165) is 37.5 Å². The number of hydrogen-bond acceptors (Lipinski definition) is 3. The first-order valence-corrected chi connectivity index (χ1v) is 10.2. The van der Waals surface area contributed by atoms with Gasteiger partial charge >= 0.3 is 0 Å². The summed E-state index contributed by atoms with van der Waals surface area (Å²) in [6, 6.07) is 3.13. The van der Waals surface area contributed by atoms with Crippen molar-refractivity contribution >= 4 is 5.91 Å². The second-order valence-electron chi connectivity index (χ2n) is 8.78. The highest BCUT2D eigenvalue weighted by atomic mass is 19.2. The minimum Gasteiger partial charge on any atom is -0.479 e. The third-order valence-corrected chi connectivity index (χ3v) is 6.84. The van der Waals surface area contributed by atoms with E-state index in [1.54, 1.807) is 0 Å². The van der Waals surface area contributed by atoms with E-state index in [0.29, 0.717) is 11.8 Å². The molecule has 1 aromatic carbocycles. The van der Waals surface area contributed by atoms with Crippen LogP contribution in [0, 0.1) is 46.9 Å². The molecule has 6 rings (SSSR count). The SMILES string of the molecule is O=C(NC1C2CC3CC(C2)CC1C3)c1ccc(COc2c(F)c(F)cc(F)c2F)o1. The number of benzene rings is 1. The Balaban J connectivity index is 1.24. The average molecular weight is 423 g/mol. The van der Waals surface area contributed by atoms with Crippen LogP contribution in [0.5, 0.6) is 5.75 Å². The van der Waals surface area contributed by atoms with Crippen LogP contribution >= 0.6 is 0 Å². The number of hydrogen-bond donors (Lipinski definition) is 1. The third kappa shape index (κ3) is 3.36. The van der Waals surface area contributed by atoms with E-state index >= 15 is 0 Å². The van der Waals surface area contributed by atoms with E-state index in [9.17, 15) is 22.4 Å². The van der Waals surface area contributed by atoms with Gasteiger partial charge in [-0.1, -0.05) is 0 Å². The highest BCUT2D eigenvalue weighted by molar-refractivity contribution is 5.91. The molecular formula is C22H21F4NO3. The Kier molecular flexibility index (Phi) is 4.75. The topological polar surface area (TPSA) is 51.5 Å². The maximum atomic E-state index is 13.7. The van der Waals surface area contributed by atoms with Crippen LogP contribution in [0.25, 0.3) is 0 Å². The normalized spacial score (nSPS) is 29.3. The minimum absolute atomic E-state index is 0.0637. The van der Waals surface area contributed by atoms with Crippen LogP contribution in [0.3, 0.4) is 0 Å². The Morgan fingerprint density at radius 2 is 1.57 bits per heavy atom. The molecule has 4 bridgehead atoms. The largest absolute Gasteiger partial charge is 0.479 e. The molecule has 2 aromatic rings. The van der Waals surface area contributed by atoms with E-state index in [2.05, 4.69) is 5.32 Å². The van der Waals surface area contributed by atoms with Gasteiger partial charge < -0.3 is 14.5 Å². The van der Waals surface area contributed by atoms with Gasteiger partial charge in [-0.2, -0.15) is 8.78 Å². The number of carbonyl (C=O) groups is 1. The predicted molar refractivity (Wildman–Crippen MR) is 97.6 cm³/mol. The summed E-state index contributed by atoms with van der Waals surface area (Å²) in [7, 11) is 0. The van der Waals surface area contributed by atoms with Crippen molar-refractivity contribution in [3.63, 3.8) is 0 Å². The summed E-state index contributed by atoms with van der Waals surface area (Å²) in [5.74, 6) is -5.09. The van der Waals surface area contributed by atoms with Crippen molar-refractivity contribution in [3.8, 4) is 5.75 Å². The van der Waals surface area contributed by atoms with Crippen molar-refractivity contribution < 1.29 is 31.5 Å². The van der Waals surface area contributed by atoms with Crippen molar-refractivity contribution in [2.45, 2.75) is 44.8 Å². The molecule has 0 saturated heterocycles. The Hall–Kier alpha value is -2.51. The number of rotatable bonds is 5. The average Bonchev–Trinajstić information content (AvgIpc) is 3.18. The Labute approximate surface area is 170 Å². The lowest BCUT2D eigenvalue weighted by Crippen LogP contribution is -2.55. The van der Waals surface area contributed by atoms with Gasteiger partial charge in [0.15, 0.2) is 23.1 Å². The van der Waals surface area contributed by atoms with Gasteiger partial charge in [-0.3, -0.25) is 4.79 Å². The van der Waals surface area contributed by atoms with Gasteiger partial charge in [0, 0.05) is 12.1 Å². The van der Waals surface area contributed by atoms with Crippen LogP contribution in [0.4, 0.5) is 17.6 Å². The Morgan fingerprint density at radius 3 is 2.17 bits per heavy atom. The van der Waals surface area contributed by atoms with Crippen LogP contribution in [0.1, 0.15) is 48.4 Å². The van der Waals surface area contributed by atoms with E-state index in [1.165, 1.54) is 18.6 Å². The zero-order chi connectivity index (χ0) is 21.0. The van der Waals surface area contributed by atoms with Crippen LogP contribution in [0.15, 0.2) is 22.6 Å². The summed E-state index contributed by atoms with van der Waals surface area (Å²) in [6.45, 7) is -0.484. The fraction of sp³-hybridized carbons (Fsp3) is 0.500. The van der Waals surface area contributed by atoms with Gasteiger partial charge in [-0.25, -0.2) is 8.78 Å². The molecule has 4 nitrogen and oxygen atoms in total. The fourth-order valence-corrected chi connectivity index (χ4v) is 5.78. The molecule has 4 aliphatic rings. The molecule has 0 aliphatic heterocycles. The molecule has 1 N–H and O–H groups in total. The first-order valence-electron chi connectivity index (χ1n) is 10.2. The molecule has 4 saturated carbocycles. The first kappa shape index (κ1) is 19.5. The lowest BCUT2D eigenvalue weighted by molar-refractivity contribution is -0.0123. The standard InChI is InChI=1S/C22H21F4NO3/c23-15-8-16(24)19(26)21(18(15)25)29-9-14-1-2-17(30-14)22(28)27-20-12-4-10-3-11(6-12)7-13(20)5-10/h1-2,8,10-13,20H,3-7,9H2,(H,27,28). The number of furan rings is 1. The van der Waals surface area contributed by atoms with E-state index in [-0.39, 0.29) is 29.5 Å². The van der Waals surface area contributed by atoms with Crippen molar-refractivity contribution in [2.75, 3.05) is 0 Å². The van der Waals surface area contributed by atoms with E-state index in [1.807, 2.05) is 0 Å². The molecular weight excluding hydrogens is 402 g/mol. The molecule has 0 spiro atoms. The number of halogens is 4. The molecule has 0 atom stereocenters. The summed E-state index contributed by atoms with van der Waals surface area (Å²) in [6.07, 6.45) is 5.98. The number of carbonyl (C=O) groups excluding carboxylic acids is 1.